The van der Waals surface area contributed by atoms with Gasteiger partial charge in [0.15, 0.2) is 0 Å². The van der Waals surface area contributed by atoms with Gasteiger partial charge in [0.25, 0.3) is 5.91 Å². The van der Waals surface area contributed by atoms with Gasteiger partial charge in [0, 0.05) is 17.8 Å². The van der Waals surface area contributed by atoms with Gasteiger partial charge in [-0.05, 0) is 90.3 Å². The second-order valence-electron chi connectivity index (χ2n) is 10.8. The number of esters is 1. The first-order valence-corrected chi connectivity index (χ1v) is 15.0. The van der Waals surface area contributed by atoms with Crippen LogP contribution in [0.3, 0.4) is 0 Å². The average Bonchev–Trinajstić information content (AvgIpc) is 3.07. The molecule has 4 aromatic rings. The first-order chi connectivity index (χ1) is 23.4. The van der Waals surface area contributed by atoms with E-state index < -0.39 is 48.5 Å². The number of aliphatic carboxylic acids is 1. The van der Waals surface area contributed by atoms with E-state index >= 15 is 0 Å². The average molecular weight is 679 g/mol. The van der Waals surface area contributed by atoms with Gasteiger partial charge in [-0.1, -0.05) is 25.1 Å². The molecule has 0 atom stereocenters. The molecular formula is C36H33F3N2O8. The summed E-state index contributed by atoms with van der Waals surface area (Å²) < 4.78 is 56.4. The molecule has 256 valence electrons. The fourth-order valence-corrected chi connectivity index (χ4v) is 4.68. The number of nitrogens with zero attached hydrogens (tertiary/aromatic N) is 1. The van der Waals surface area contributed by atoms with E-state index in [-0.39, 0.29) is 34.9 Å². The van der Waals surface area contributed by atoms with Gasteiger partial charge >= 0.3 is 18.1 Å². The van der Waals surface area contributed by atoms with Crippen LogP contribution in [0.5, 0.6) is 17.2 Å². The SMILES string of the molecule is CCCOc1ccc(C(=O)Oc2ccc(CN(CC(=O)O)C(=O)c3ccc(NC(=O)Cc4ccc(OC)cc4C(F)(F)F)cc3)cc2)cc1. The lowest BCUT2D eigenvalue weighted by Gasteiger charge is -2.21. The van der Waals surface area contributed by atoms with Gasteiger partial charge in [0.2, 0.25) is 5.91 Å². The number of hydrogen-bond acceptors (Lipinski definition) is 7. The molecule has 0 bridgehead atoms. The minimum atomic E-state index is -4.69. The summed E-state index contributed by atoms with van der Waals surface area (Å²) in [6, 6.07) is 21.6. The summed E-state index contributed by atoms with van der Waals surface area (Å²) >= 11 is 0. The predicted octanol–water partition coefficient (Wildman–Crippen LogP) is 6.63. The molecule has 0 saturated carbocycles. The van der Waals surface area contributed by atoms with Crippen molar-refractivity contribution in [2.45, 2.75) is 32.5 Å². The Morgan fingerprint density at radius 1 is 0.816 bits per heavy atom. The van der Waals surface area contributed by atoms with Crippen molar-refractivity contribution in [2.75, 3.05) is 25.6 Å². The van der Waals surface area contributed by atoms with Gasteiger partial charge in [-0.15, -0.1) is 0 Å². The van der Waals surface area contributed by atoms with Crippen LogP contribution in [-0.2, 0) is 28.7 Å². The van der Waals surface area contributed by atoms with Crippen LogP contribution < -0.4 is 19.5 Å². The quantitative estimate of drug-likeness (QED) is 0.112. The number of carboxylic acids is 1. The van der Waals surface area contributed by atoms with E-state index in [4.69, 9.17) is 14.2 Å². The highest BCUT2D eigenvalue weighted by molar-refractivity contribution is 5.97. The molecule has 4 aromatic carbocycles. The zero-order valence-corrected chi connectivity index (χ0v) is 26.6. The molecule has 2 N–H and O–H groups in total. The summed E-state index contributed by atoms with van der Waals surface area (Å²) in [5, 5.41) is 12.0. The summed E-state index contributed by atoms with van der Waals surface area (Å²) in [6.07, 6.45) is -4.41. The molecule has 0 spiro atoms. The molecule has 0 aliphatic carbocycles. The number of carbonyl (C=O) groups excluding carboxylic acids is 3. The van der Waals surface area contributed by atoms with Crippen molar-refractivity contribution in [3.63, 3.8) is 0 Å². The Kier molecular flexibility index (Phi) is 12.0. The second kappa shape index (κ2) is 16.3. The van der Waals surface area contributed by atoms with Crippen molar-refractivity contribution in [1.82, 2.24) is 4.90 Å². The van der Waals surface area contributed by atoms with Crippen LogP contribution in [0, 0.1) is 0 Å². The molecule has 49 heavy (non-hydrogen) atoms. The Bertz CT molecular complexity index is 1770. The number of benzene rings is 4. The number of methoxy groups -OCH3 is 1. The van der Waals surface area contributed by atoms with Gasteiger partial charge < -0.3 is 29.5 Å². The van der Waals surface area contributed by atoms with Gasteiger partial charge in [-0.2, -0.15) is 13.2 Å². The van der Waals surface area contributed by atoms with Crippen molar-refractivity contribution >= 4 is 29.4 Å². The third-order valence-electron chi connectivity index (χ3n) is 7.07. The summed E-state index contributed by atoms with van der Waals surface area (Å²) in [5.74, 6) is -2.27. The lowest BCUT2D eigenvalue weighted by Crippen LogP contribution is -2.35. The van der Waals surface area contributed by atoms with E-state index in [2.05, 4.69) is 5.32 Å². The number of hydrogen-bond donors (Lipinski definition) is 2. The van der Waals surface area contributed by atoms with Crippen molar-refractivity contribution in [3.8, 4) is 17.2 Å². The third-order valence-corrected chi connectivity index (χ3v) is 7.07. The second-order valence-corrected chi connectivity index (χ2v) is 10.8. The molecule has 0 unspecified atom stereocenters. The fraction of sp³-hybridized carbons (Fsp3) is 0.222. The number of amides is 2. The zero-order valence-electron chi connectivity index (χ0n) is 26.6. The lowest BCUT2D eigenvalue weighted by molar-refractivity contribution is -0.139. The van der Waals surface area contributed by atoms with Crippen LogP contribution in [-0.4, -0.2) is 54.0 Å². The highest BCUT2D eigenvalue weighted by Gasteiger charge is 2.34. The minimum absolute atomic E-state index is 0.00236. The summed E-state index contributed by atoms with van der Waals surface area (Å²) in [4.78, 5) is 51.1. The summed E-state index contributed by atoms with van der Waals surface area (Å²) in [6.45, 7) is 1.85. The molecule has 0 heterocycles. The molecule has 0 aliphatic rings. The molecule has 10 nitrogen and oxygen atoms in total. The highest BCUT2D eigenvalue weighted by Crippen LogP contribution is 2.35. The number of rotatable bonds is 14. The van der Waals surface area contributed by atoms with Gasteiger partial charge in [-0.3, -0.25) is 14.4 Å². The van der Waals surface area contributed by atoms with E-state index in [1.165, 1.54) is 55.6 Å². The van der Waals surface area contributed by atoms with Crippen LogP contribution in [0.4, 0.5) is 18.9 Å². The Morgan fingerprint density at radius 3 is 2.02 bits per heavy atom. The molecule has 0 fully saturated rings. The Hall–Kier alpha value is -5.85. The van der Waals surface area contributed by atoms with E-state index in [0.29, 0.717) is 23.5 Å². The van der Waals surface area contributed by atoms with Crippen molar-refractivity contribution in [2.24, 2.45) is 0 Å². The van der Waals surface area contributed by atoms with Crippen LogP contribution in [0.15, 0.2) is 91.0 Å². The molecular weight excluding hydrogens is 645 g/mol. The number of alkyl halides is 3. The molecule has 0 saturated heterocycles. The Labute approximate surface area is 280 Å². The van der Waals surface area contributed by atoms with Gasteiger partial charge in [-0.25, -0.2) is 4.79 Å². The molecule has 0 aromatic heterocycles. The lowest BCUT2D eigenvalue weighted by atomic mass is 10.0. The number of nitrogens with one attached hydrogen (secondary N) is 1. The largest absolute Gasteiger partial charge is 0.497 e. The number of ether oxygens (including phenoxy) is 3. The smallest absolute Gasteiger partial charge is 0.416 e. The van der Waals surface area contributed by atoms with Crippen molar-refractivity contribution < 1.29 is 51.7 Å². The fourth-order valence-electron chi connectivity index (χ4n) is 4.68. The maximum atomic E-state index is 13.5. The highest BCUT2D eigenvalue weighted by atomic mass is 19.4. The van der Waals surface area contributed by atoms with E-state index in [1.54, 1.807) is 36.4 Å². The minimum Gasteiger partial charge on any atom is -0.497 e. The monoisotopic (exact) mass is 678 g/mol. The number of carbonyl (C=O) groups is 4. The number of carboxylic acid groups (broad SMARTS) is 1. The summed E-state index contributed by atoms with van der Waals surface area (Å²) in [5.41, 5.74) is -0.00533. The van der Waals surface area contributed by atoms with E-state index in [0.717, 1.165) is 17.4 Å². The Balaban J connectivity index is 1.37. The molecule has 0 aliphatic heterocycles. The van der Waals surface area contributed by atoms with E-state index in [9.17, 15) is 37.5 Å². The maximum absolute atomic E-state index is 13.5. The van der Waals surface area contributed by atoms with Crippen molar-refractivity contribution in [3.05, 3.63) is 119 Å². The van der Waals surface area contributed by atoms with Crippen LogP contribution in [0.2, 0.25) is 0 Å². The maximum Gasteiger partial charge on any atom is 0.416 e. The molecule has 13 heteroatoms. The molecule has 4 rings (SSSR count). The standard InChI is InChI=1S/C36H33F3N2O8/c1-3-18-48-28-15-8-25(9-16-28)35(46)49-29-13-4-23(5-14-29)21-41(22-33(43)44)34(45)24-6-11-27(12-7-24)40-32(42)19-26-10-17-30(47-2)20-31(26)36(37,38)39/h4-17,20H,3,18-19,21-22H2,1-2H3,(H,40,42)(H,43,44). The first kappa shape index (κ1) is 36.0. The topological polar surface area (TPSA) is 131 Å². The normalized spacial score (nSPS) is 11.0. The van der Waals surface area contributed by atoms with Gasteiger partial charge in [0.05, 0.1) is 31.3 Å². The van der Waals surface area contributed by atoms with Crippen LogP contribution >= 0.6 is 0 Å². The summed E-state index contributed by atoms with van der Waals surface area (Å²) in [7, 11) is 1.24. The number of halogens is 3. The van der Waals surface area contributed by atoms with Crippen LogP contribution in [0.1, 0.15) is 50.8 Å². The van der Waals surface area contributed by atoms with Crippen molar-refractivity contribution in [1.29, 1.82) is 0 Å². The van der Waals surface area contributed by atoms with E-state index in [1.807, 2.05) is 6.92 Å². The number of anilines is 1. The molecule has 0 radical (unpaired) electrons. The predicted molar refractivity (Wildman–Crippen MR) is 173 cm³/mol. The Morgan fingerprint density at radius 2 is 1.43 bits per heavy atom. The zero-order chi connectivity index (χ0) is 35.6. The molecule has 2 amide bonds. The van der Waals surface area contributed by atoms with Gasteiger partial charge in [0.1, 0.15) is 23.8 Å². The van der Waals surface area contributed by atoms with Crippen LogP contribution in [0.25, 0.3) is 0 Å². The third kappa shape index (κ3) is 10.3. The first-order valence-electron chi connectivity index (χ1n) is 15.0.